The summed E-state index contributed by atoms with van der Waals surface area (Å²) in [6.07, 6.45) is 3.81. The number of aromatic carboxylic acids is 1. The van der Waals surface area contributed by atoms with Crippen LogP contribution in [0.5, 0.6) is 5.75 Å². The summed E-state index contributed by atoms with van der Waals surface area (Å²) >= 11 is 0.770. The highest BCUT2D eigenvalue weighted by Crippen LogP contribution is 2.68. The highest BCUT2D eigenvalue weighted by atomic mass is 32.1. The first-order chi connectivity index (χ1) is 22.5. The van der Waals surface area contributed by atoms with E-state index in [1.807, 2.05) is 10.4 Å². The average Bonchev–Trinajstić information content (AvgIpc) is 3.77. The molecule has 2 saturated heterocycles. The van der Waals surface area contributed by atoms with Crippen molar-refractivity contribution in [2.45, 2.75) is 54.2 Å². The number of fused-ring (bicyclic) bond motifs is 2. The van der Waals surface area contributed by atoms with Crippen LogP contribution in [0.2, 0.25) is 0 Å². The maximum absolute atomic E-state index is 15.9. The zero-order valence-electron chi connectivity index (χ0n) is 25.7. The molecule has 0 amide bonds. The summed E-state index contributed by atoms with van der Waals surface area (Å²) in [5.74, 6) is -1.65. The lowest BCUT2D eigenvalue weighted by Gasteiger charge is -2.34. The molecule has 0 unspecified atom stereocenters. The topological polar surface area (TPSA) is 210 Å². The van der Waals surface area contributed by atoms with Crippen molar-refractivity contribution in [3.05, 3.63) is 63.7 Å². The van der Waals surface area contributed by atoms with Crippen LogP contribution >= 0.6 is 26.5 Å². The van der Waals surface area contributed by atoms with Gasteiger partial charge in [0.2, 0.25) is 5.43 Å². The lowest BCUT2D eigenvalue weighted by molar-refractivity contribution is 0.0694. The Labute approximate surface area is 277 Å². The molecular formula is C30H36FN3O11P2S. The molecule has 0 bridgehead atoms. The molecule has 18 heteroatoms. The molecule has 0 spiro atoms. The van der Waals surface area contributed by atoms with Crippen LogP contribution in [-0.4, -0.2) is 88.6 Å². The van der Waals surface area contributed by atoms with Gasteiger partial charge in [-0.2, -0.15) is 11.4 Å². The van der Waals surface area contributed by atoms with E-state index in [-0.39, 0.29) is 40.4 Å². The molecule has 3 aliphatic rings. The number of carbonyl (C=O) groups is 1. The van der Waals surface area contributed by atoms with Gasteiger partial charge in [-0.1, -0.05) is 12.1 Å². The van der Waals surface area contributed by atoms with Crippen molar-refractivity contribution in [2.75, 3.05) is 31.6 Å². The number of methoxy groups -OCH3 is 1. The summed E-state index contributed by atoms with van der Waals surface area (Å²) in [6.45, 7) is 1.77. The predicted octanol–water partition coefficient (Wildman–Crippen LogP) is 2.91. The van der Waals surface area contributed by atoms with Crippen LogP contribution in [0.25, 0.3) is 10.9 Å². The van der Waals surface area contributed by atoms with Crippen molar-refractivity contribution >= 4 is 54.6 Å². The maximum Gasteiger partial charge on any atom is 0.369 e. The molecule has 48 heavy (non-hydrogen) atoms. The van der Waals surface area contributed by atoms with Crippen molar-refractivity contribution in [1.82, 2.24) is 9.47 Å². The van der Waals surface area contributed by atoms with Crippen molar-refractivity contribution in [1.29, 1.82) is 0 Å². The van der Waals surface area contributed by atoms with E-state index in [0.29, 0.717) is 18.6 Å². The monoisotopic (exact) mass is 727 g/mol. The number of hydrogen-bond acceptors (Lipinski definition) is 7. The van der Waals surface area contributed by atoms with E-state index in [1.165, 1.54) is 25.4 Å². The highest BCUT2D eigenvalue weighted by Gasteiger charge is 2.59. The number of benzene rings is 2. The number of piperidine rings is 1. The van der Waals surface area contributed by atoms with Crippen LogP contribution in [0.4, 0.5) is 10.1 Å². The second-order valence-corrected chi connectivity index (χ2v) is 17.5. The van der Waals surface area contributed by atoms with Gasteiger partial charge in [0, 0.05) is 49.8 Å². The number of carboxylic acid groups (broad SMARTS) is 1. The number of hydrogen-bond donors (Lipinski definition) is 7. The molecule has 0 radical (unpaired) electrons. The van der Waals surface area contributed by atoms with Crippen molar-refractivity contribution < 1.29 is 52.8 Å². The number of thiol groups is 1. The van der Waals surface area contributed by atoms with E-state index in [1.54, 1.807) is 16.7 Å². The third kappa shape index (κ3) is 6.30. The average molecular weight is 728 g/mol. The molecule has 3 heterocycles. The fraction of sp³-hybridized carbons (Fsp3) is 0.433. The Morgan fingerprint density at radius 1 is 1.10 bits per heavy atom. The van der Waals surface area contributed by atoms with Crippen LogP contribution in [-0.2, 0) is 15.6 Å². The van der Waals surface area contributed by atoms with Crippen molar-refractivity contribution in [3.63, 3.8) is 0 Å². The Kier molecular flexibility index (Phi) is 9.29. The van der Waals surface area contributed by atoms with Crippen LogP contribution in [0.1, 0.15) is 47.6 Å². The van der Waals surface area contributed by atoms with Gasteiger partial charge < -0.3 is 44.0 Å². The molecule has 6 N–H and O–H groups in total. The first-order valence-corrected chi connectivity index (χ1v) is 19.4. The summed E-state index contributed by atoms with van der Waals surface area (Å²) in [7, 11) is -9.75. The molecule has 1 saturated carbocycles. The Morgan fingerprint density at radius 2 is 1.77 bits per heavy atom. The van der Waals surface area contributed by atoms with E-state index in [0.717, 1.165) is 54.5 Å². The molecule has 260 valence electrons. The first kappa shape index (κ1) is 34.9. The summed E-state index contributed by atoms with van der Waals surface area (Å²) in [4.78, 5) is 67.6. The first-order valence-electron chi connectivity index (χ1n) is 15.2. The zero-order chi connectivity index (χ0) is 34.8. The van der Waals surface area contributed by atoms with Crippen LogP contribution in [0.15, 0.2) is 46.2 Å². The largest absolute Gasteiger partial charge is 0.492 e. The number of nitrogens with zero attached hydrogens (tertiary/aromatic N) is 3. The van der Waals surface area contributed by atoms with Crippen molar-refractivity contribution in [2.24, 2.45) is 5.92 Å². The zero-order valence-corrected chi connectivity index (χ0v) is 28.4. The van der Waals surface area contributed by atoms with Gasteiger partial charge in [0.25, 0.3) is 5.08 Å². The Bertz CT molecular complexity index is 1940. The second kappa shape index (κ2) is 12.8. The van der Waals surface area contributed by atoms with Gasteiger partial charge in [-0.25, -0.2) is 9.18 Å². The van der Waals surface area contributed by atoms with Gasteiger partial charge in [0.1, 0.15) is 11.3 Å². The molecule has 2 atom stereocenters. The van der Waals surface area contributed by atoms with Crippen LogP contribution in [0.3, 0.4) is 0 Å². The molecular weight excluding hydrogens is 691 g/mol. The van der Waals surface area contributed by atoms with Crippen LogP contribution < -0.4 is 15.1 Å². The molecule has 1 aliphatic carbocycles. The molecule has 14 nitrogen and oxygen atoms in total. The number of aliphatic hydroxyl groups is 1. The standard InChI is InChI=1S/C30H36FN3O11P2S/c1-45-28-25-21(27(35)22(29(36)37)14-34(25)19-6-7-19)11-23(31)26(28)33-13-18-3-2-10-32(24(18)15-33)16-48-20-8-4-17(5-9-20)12-30(38,46(39,40)41)47(42,43)44/h4-5,8-9,11,14,16,18-19,24,38,48H,2-3,6-7,10,12-13,15H2,1H3,(H,36,37)(H2,39,40,41)(H2,42,43,44)/t18-,24+/m1/s1. The lowest BCUT2D eigenvalue weighted by Crippen LogP contribution is -2.43. The molecule has 1 aromatic heterocycles. The Balaban J connectivity index is 1.25. The lowest BCUT2D eigenvalue weighted by atomic mass is 9.93. The van der Waals surface area contributed by atoms with Gasteiger partial charge >= 0.3 is 21.2 Å². The quantitative estimate of drug-likeness (QED) is 0.0912. The van der Waals surface area contributed by atoms with Gasteiger partial charge in [0.15, 0.2) is 11.6 Å². The summed E-state index contributed by atoms with van der Waals surface area (Å²) in [6, 6.07) is 7.31. The molecule has 6 rings (SSSR count). The van der Waals surface area contributed by atoms with Gasteiger partial charge in [-0.05, 0) is 60.3 Å². The third-order valence-electron chi connectivity index (χ3n) is 9.38. The van der Waals surface area contributed by atoms with Gasteiger partial charge in [-0.3, -0.25) is 18.8 Å². The molecule has 2 aromatic carbocycles. The van der Waals surface area contributed by atoms with E-state index in [9.17, 15) is 48.5 Å². The number of ether oxygens (including phenoxy) is 1. The fourth-order valence-electron chi connectivity index (χ4n) is 6.76. The van der Waals surface area contributed by atoms with Crippen LogP contribution in [0, 0.1) is 11.7 Å². The summed E-state index contributed by atoms with van der Waals surface area (Å²) in [5.41, 5.74) is 1.56. The van der Waals surface area contributed by atoms with E-state index < -0.39 is 49.5 Å². The summed E-state index contributed by atoms with van der Waals surface area (Å²) < 4.78 is 46.9. The number of halogens is 1. The smallest absolute Gasteiger partial charge is 0.369 e. The maximum atomic E-state index is 15.9. The summed E-state index contributed by atoms with van der Waals surface area (Å²) in [5, 5.41) is 16.3. The highest BCUT2D eigenvalue weighted by molar-refractivity contribution is 7.97. The number of rotatable bonds is 10. The SMILES string of the molecule is COc1c(N2C[C@H]3CCCN(C=[SH]c4ccc(CC(O)(P(=O)(O)O)P(=O)(O)O)cc4)[C@H]3C2)c(F)cc2c(=O)c(C(=O)O)cn(C3CC3)c12. The normalized spacial score (nSPS) is 21.0. The fourth-order valence-corrected chi connectivity index (χ4v) is 9.78. The number of carboxylic acids is 1. The van der Waals surface area contributed by atoms with E-state index in [4.69, 9.17) is 4.74 Å². The minimum absolute atomic E-state index is 0.0129. The van der Waals surface area contributed by atoms with Gasteiger partial charge in [-0.15, -0.1) is 0 Å². The number of pyridine rings is 1. The molecule has 3 aromatic rings. The third-order valence-corrected chi connectivity index (χ3v) is 14.1. The second-order valence-electron chi connectivity index (χ2n) is 12.5. The van der Waals surface area contributed by atoms with E-state index >= 15 is 4.39 Å². The minimum Gasteiger partial charge on any atom is -0.492 e. The molecule has 3 fully saturated rings. The number of anilines is 1. The minimum atomic E-state index is -5.58. The van der Waals surface area contributed by atoms with E-state index in [2.05, 4.69) is 4.90 Å². The predicted molar refractivity (Wildman–Crippen MR) is 178 cm³/mol. The van der Waals surface area contributed by atoms with Gasteiger partial charge in [0.05, 0.1) is 18.0 Å². The Morgan fingerprint density at radius 3 is 2.35 bits per heavy atom. The molecule has 2 aliphatic heterocycles. The van der Waals surface area contributed by atoms with Crippen molar-refractivity contribution in [3.8, 4) is 5.75 Å². The number of aromatic nitrogens is 1. The number of likely N-dealkylation sites (tertiary alicyclic amines) is 1. The Hall–Kier alpha value is -2.91.